The minimum absolute atomic E-state index is 0.197. The lowest BCUT2D eigenvalue weighted by atomic mass is 10.1. The SMILES string of the molecule is CN(C)S(=O)(=O)c1ccc(N2CCC(=O)C2)c(-c2cc3ccccc3[nH]2)c1. The standard InChI is InChI=1S/C20H21N3O3S/c1-22(2)27(25,26)16-7-8-20(23-10-9-15(24)13-23)17(12-16)19-11-14-5-3-4-6-18(14)21-19/h3-8,11-12,21H,9-10,13H2,1-2H3. The Labute approximate surface area is 158 Å². The number of H-pyrrole nitrogens is 1. The van der Waals surface area contributed by atoms with Crippen molar-refractivity contribution >= 4 is 32.4 Å². The number of fused-ring (bicyclic) bond motifs is 1. The van der Waals surface area contributed by atoms with E-state index in [1.165, 1.54) is 18.4 Å². The molecule has 0 amide bonds. The molecule has 0 radical (unpaired) electrons. The highest BCUT2D eigenvalue weighted by molar-refractivity contribution is 7.89. The second kappa shape index (κ2) is 6.51. The molecule has 3 aromatic rings. The average Bonchev–Trinajstić information content (AvgIpc) is 3.27. The third-order valence-corrected chi connectivity index (χ3v) is 6.75. The zero-order valence-electron chi connectivity index (χ0n) is 15.3. The lowest BCUT2D eigenvalue weighted by Gasteiger charge is -2.21. The number of para-hydroxylation sites is 1. The molecule has 1 N–H and O–H groups in total. The van der Waals surface area contributed by atoms with Gasteiger partial charge in [-0.25, -0.2) is 12.7 Å². The van der Waals surface area contributed by atoms with E-state index in [0.717, 1.165) is 27.8 Å². The van der Waals surface area contributed by atoms with Crippen LogP contribution in [-0.4, -0.2) is 50.7 Å². The largest absolute Gasteiger partial charge is 0.363 e. The molecule has 4 rings (SSSR count). The van der Waals surface area contributed by atoms with E-state index in [-0.39, 0.29) is 10.7 Å². The molecule has 1 aliphatic heterocycles. The topological polar surface area (TPSA) is 73.5 Å². The van der Waals surface area contributed by atoms with Crippen molar-refractivity contribution in [1.82, 2.24) is 9.29 Å². The maximum absolute atomic E-state index is 12.6. The van der Waals surface area contributed by atoms with Crippen LogP contribution in [0.1, 0.15) is 6.42 Å². The van der Waals surface area contributed by atoms with Gasteiger partial charge in [-0.1, -0.05) is 18.2 Å². The summed E-state index contributed by atoms with van der Waals surface area (Å²) in [5, 5.41) is 1.05. The summed E-state index contributed by atoms with van der Waals surface area (Å²) in [6.07, 6.45) is 0.518. The van der Waals surface area contributed by atoms with E-state index in [0.29, 0.717) is 19.5 Å². The van der Waals surface area contributed by atoms with Gasteiger partial charge in [-0.05, 0) is 30.3 Å². The van der Waals surface area contributed by atoms with Crippen molar-refractivity contribution in [3.05, 3.63) is 48.5 Å². The number of benzene rings is 2. The first-order valence-electron chi connectivity index (χ1n) is 8.77. The van der Waals surface area contributed by atoms with Gasteiger partial charge in [-0.3, -0.25) is 4.79 Å². The van der Waals surface area contributed by atoms with Crippen LogP contribution in [0.25, 0.3) is 22.2 Å². The number of hydrogen-bond acceptors (Lipinski definition) is 4. The van der Waals surface area contributed by atoms with Crippen LogP contribution in [0.2, 0.25) is 0 Å². The van der Waals surface area contributed by atoms with Gasteiger partial charge in [0.25, 0.3) is 0 Å². The summed E-state index contributed by atoms with van der Waals surface area (Å²) >= 11 is 0. The number of carbonyl (C=O) groups excluding carboxylic acids is 1. The fraction of sp³-hybridized carbons (Fsp3) is 0.250. The second-order valence-corrected chi connectivity index (χ2v) is 9.10. The highest BCUT2D eigenvalue weighted by atomic mass is 32.2. The van der Waals surface area contributed by atoms with Gasteiger partial charge in [-0.15, -0.1) is 0 Å². The van der Waals surface area contributed by atoms with E-state index in [4.69, 9.17) is 0 Å². The average molecular weight is 383 g/mol. The predicted molar refractivity (Wildman–Crippen MR) is 106 cm³/mol. The van der Waals surface area contributed by atoms with E-state index >= 15 is 0 Å². The molecule has 2 aromatic carbocycles. The van der Waals surface area contributed by atoms with Crippen LogP contribution in [0, 0.1) is 0 Å². The minimum Gasteiger partial charge on any atom is -0.363 e. The van der Waals surface area contributed by atoms with Crippen LogP contribution >= 0.6 is 0 Å². The Balaban J connectivity index is 1.91. The van der Waals surface area contributed by atoms with Crippen LogP contribution < -0.4 is 4.90 Å². The van der Waals surface area contributed by atoms with Gasteiger partial charge in [0.2, 0.25) is 10.0 Å². The fourth-order valence-electron chi connectivity index (χ4n) is 3.43. The maximum Gasteiger partial charge on any atom is 0.242 e. The number of aromatic nitrogens is 1. The third kappa shape index (κ3) is 3.13. The first kappa shape index (κ1) is 17.8. The molecule has 0 spiro atoms. The normalized spacial score (nSPS) is 15.2. The van der Waals surface area contributed by atoms with Crippen molar-refractivity contribution in [3.63, 3.8) is 0 Å². The van der Waals surface area contributed by atoms with Crippen molar-refractivity contribution in [2.45, 2.75) is 11.3 Å². The number of Topliss-reactive ketones (excluding diaryl/α,β-unsaturated/α-hetero) is 1. The summed E-state index contributed by atoms with van der Waals surface area (Å²) in [6.45, 7) is 0.999. The summed E-state index contributed by atoms with van der Waals surface area (Å²) in [4.78, 5) is 17.4. The van der Waals surface area contributed by atoms with Crippen molar-refractivity contribution < 1.29 is 13.2 Å². The zero-order valence-corrected chi connectivity index (χ0v) is 16.1. The molecule has 6 nitrogen and oxygen atoms in total. The first-order valence-corrected chi connectivity index (χ1v) is 10.2. The molecule has 1 saturated heterocycles. The molecule has 0 aliphatic carbocycles. The van der Waals surface area contributed by atoms with E-state index in [2.05, 4.69) is 4.98 Å². The minimum atomic E-state index is -3.55. The van der Waals surface area contributed by atoms with Crippen molar-refractivity contribution in [1.29, 1.82) is 0 Å². The van der Waals surface area contributed by atoms with E-state index in [1.807, 2.05) is 35.2 Å². The molecule has 2 heterocycles. The number of aromatic amines is 1. The molecule has 0 saturated carbocycles. The van der Waals surface area contributed by atoms with Gasteiger partial charge in [-0.2, -0.15) is 0 Å². The third-order valence-electron chi connectivity index (χ3n) is 4.94. The van der Waals surface area contributed by atoms with Gasteiger partial charge in [0.1, 0.15) is 0 Å². The monoisotopic (exact) mass is 383 g/mol. The molecule has 140 valence electrons. The fourth-order valence-corrected chi connectivity index (χ4v) is 4.36. The van der Waals surface area contributed by atoms with Gasteiger partial charge < -0.3 is 9.88 Å². The highest BCUT2D eigenvalue weighted by Crippen LogP contribution is 2.36. The summed E-state index contributed by atoms with van der Waals surface area (Å²) in [5.74, 6) is 0.197. The number of hydrogen-bond donors (Lipinski definition) is 1. The van der Waals surface area contributed by atoms with Crippen LogP contribution in [0.4, 0.5) is 5.69 Å². The number of sulfonamides is 1. The Morgan fingerprint density at radius 3 is 2.52 bits per heavy atom. The van der Waals surface area contributed by atoms with E-state index in [1.54, 1.807) is 18.2 Å². The Morgan fingerprint density at radius 2 is 1.85 bits per heavy atom. The van der Waals surface area contributed by atoms with Gasteiger partial charge in [0, 0.05) is 54.9 Å². The molecule has 1 fully saturated rings. The zero-order chi connectivity index (χ0) is 19.2. The predicted octanol–water partition coefficient (Wildman–Crippen LogP) is 2.86. The molecule has 1 aromatic heterocycles. The summed E-state index contributed by atoms with van der Waals surface area (Å²) in [7, 11) is -0.517. The highest BCUT2D eigenvalue weighted by Gasteiger charge is 2.25. The molecule has 27 heavy (non-hydrogen) atoms. The van der Waals surface area contributed by atoms with Crippen LogP contribution in [0.3, 0.4) is 0 Å². The Kier molecular flexibility index (Phi) is 4.28. The number of nitrogens with one attached hydrogen (secondary N) is 1. The number of anilines is 1. The second-order valence-electron chi connectivity index (χ2n) is 6.95. The quantitative estimate of drug-likeness (QED) is 0.752. The molecule has 0 bridgehead atoms. The smallest absolute Gasteiger partial charge is 0.242 e. The van der Waals surface area contributed by atoms with Crippen molar-refractivity contribution in [2.75, 3.05) is 32.1 Å². The molecule has 1 aliphatic rings. The van der Waals surface area contributed by atoms with Gasteiger partial charge >= 0.3 is 0 Å². The van der Waals surface area contributed by atoms with Gasteiger partial charge in [0.15, 0.2) is 5.78 Å². The molecule has 0 unspecified atom stereocenters. The Bertz CT molecular complexity index is 1100. The van der Waals surface area contributed by atoms with Crippen LogP contribution in [0.15, 0.2) is 53.4 Å². The Morgan fingerprint density at radius 1 is 1.07 bits per heavy atom. The van der Waals surface area contributed by atoms with E-state index in [9.17, 15) is 13.2 Å². The van der Waals surface area contributed by atoms with E-state index < -0.39 is 10.0 Å². The van der Waals surface area contributed by atoms with Crippen molar-refractivity contribution in [3.8, 4) is 11.3 Å². The number of nitrogens with zero attached hydrogens (tertiary/aromatic N) is 2. The first-order chi connectivity index (χ1) is 12.9. The summed E-state index contributed by atoms with van der Waals surface area (Å²) in [5.41, 5.74) is 3.46. The van der Waals surface area contributed by atoms with Crippen LogP contribution in [0.5, 0.6) is 0 Å². The molecular weight excluding hydrogens is 362 g/mol. The number of rotatable bonds is 4. The number of carbonyl (C=O) groups is 1. The maximum atomic E-state index is 12.6. The molecule has 7 heteroatoms. The molecule has 0 atom stereocenters. The lowest BCUT2D eigenvalue weighted by Crippen LogP contribution is -2.23. The number of ketones is 1. The lowest BCUT2D eigenvalue weighted by molar-refractivity contribution is -0.116. The Hall–Kier alpha value is -2.64. The molecular formula is C20H21N3O3S. The van der Waals surface area contributed by atoms with Crippen LogP contribution in [-0.2, 0) is 14.8 Å². The summed E-state index contributed by atoms with van der Waals surface area (Å²) in [6, 6.07) is 15.0. The van der Waals surface area contributed by atoms with Crippen molar-refractivity contribution in [2.24, 2.45) is 0 Å². The van der Waals surface area contributed by atoms with Gasteiger partial charge in [0.05, 0.1) is 11.4 Å². The summed E-state index contributed by atoms with van der Waals surface area (Å²) < 4.78 is 26.4.